The van der Waals surface area contributed by atoms with E-state index < -0.39 is 16.2 Å². The van der Waals surface area contributed by atoms with Crippen LogP contribution in [0.5, 0.6) is 0 Å². The van der Waals surface area contributed by atoms with Crippen LogP contribution < -0.4 is 14.3 Å². The molecule has 9 nitrogen and oxygen atoms in total. The number of aromatic nitrogens is 2. The first-order chi connectivity index (χ1) is 15.3. The Balaban J connectivity index is 1.38. The Hall–Kier alpha value is -2.59. The third kappa shape index (κ3) is 3.86. The molecule has 2 amide bonds. The Morgan fingerprint density at radius 3 is 2.38 bits per heavy atom. The smallest absolute Gasteiger partial charge is 0.307 e. The molecule has 1 aromatic heterocycles. The number of aryl methyl sites for hydroxylation is 3. The molecule has 2 heterocycles. The summed E-state index contributed by atoms with van der Waals surface area (Å²) in [7, 11) is -0.405. The number of benzene rings is 1. The number of likely N-dealkylation sites (N-methyl/N-ethyl adjacent to an activating group) is 1. The predicted molar refractivity (Wildman–Crippen MR) is 123 cm³/mol. The number of nitrogens with one attached hydrogen (secondary N) is 2. The second-order valence-corrected chi connectivity index (χ2v) is 10.7. The summed E-state index contributed by atoms with van der Waals surface area (Å²) in [6, 6.07) is 1.68. The van der Waals surface area contributed by atoms with Crippen LogP contribution in [-0.2, 0) is 42.9 Å². The van der Waals surface area contributed by atoms with Crippen LogP contribution >= 0.6 is 0 Å². The predicted octanol–water partition coefficient (Wildman–Crippen LogP) is 1.97. The van der Waals surface area contributed by atoms with Crippen molar-refractivity contribution in [3.8, 4) is 0 Å². The van der Waals surface area contributed by atoms with Gasteiger partial charge >= 0.3 is 16.2 Å². The zero-order valence-corrected chi connectivity index (χ0v) is 19.4. The number of anilines is 2. The Kier molecular flexibility index (Phi) is 5.37. The Morgan fingerprint density at radius 2 is 1.84 bits per heavy atom. The molecule has 0 spiro atoms. The van der Waals surface area contributed by atoms with Gasteiger partial charge in [0.2, 0.25) is 0 Å². The number of nitrogens with zero attached hydrogens (tertiary/aromatic N) is 4. The van der Waals surface area contributed by atoms with Gasteiger partial charge in [-0.2, -0.15) is 13.5 Å². The third-order valence-electron chi connectivity index (χ3n) is 7.02. The fraction of sp³-hybridized carbons (Fsp3) is 0.545. The molecule has 1 fully saturated rings. The first kappa shape index (κ1) is 21.3. The van der Waals surface area contributed by atoms with Gasteiger partial charge in [0.25, 0.3) is 0 Å². The molecular formula is C22H30N6O3S. The first-order valence-corrected chi connectivity index (χ1v) is 12.7. The number of hydrogen-bond acceptors (Lipinski definition) is 5. The molecular weight excluding hydrogens is 428 g/mol. The molecule has 2 aromatic rings. The maximum absolute atomic E-state index is 13.3. The van der Waals surface area contributed by atoms with Crippen molar-refractivity contribution in [3.05, 3.63) is 40.7 Å². The van der Waals surface area contributed by atoms with E-state index in [4.69, 9.17) is 0 Å². The van der Waals surface area contributed by atoms with Crippen molar-refractivity contribution < 1.29 is 13.2 Å². The number of rotatable bonds is 6. The highest BCUT2D eigenvalue weighted by Gasteiger charge is 2.34. The fourth-order valence-electron chi connectivity index (χ4n) is 5.15. The largest absolute Gasteiger partial charge is 0.334 e. The summed E-state index contributed by atoms with van der Waals surface area (Å²) in [6.07, 6.45) is 10.1. The second kappa shape index (κ2) is 8.08. The van der Waals surface area contributed by atoms with Gasteiger partial charge in [-0.25, -0.2) is 13.8 Å². The maximum atomic E-state index is 13.3. The SMILES string of the molecule is CN1CCC1CN(c1cnn(C)c1)S(=O)(=O)NC(=O)Nc1c2c(cc3c1CCC3)CCC2. The number of hydrogen-bond donors (Lipinski definition) is 2. The number of likely N-dealkylation sites (tertiary alicyclic amines) is 1. The van der Waals surface area contributed by atoms with E-state index in [0.717, 1.165) is 57.2 Å². The molecule has 3 aliphatic rings. The lowest BCUT2D eigenvalue weighted by molar-refractivity contribution is 0.134. The first-order valence-electron chi connectivity index (χ1n) is 11.3. The second-order valence-electron chi connectivity index (χ2n) is 9.12. The lowest BCUT2D eigenvalue weighted by Gasteiger charge is -2.40. The Labute approximate surface area is 188 Å². The molecule has 172 valence electrons. The molecule has 1 aliphatic heterocycles. The average molecular weight is 459 g/mol. The monoisotopic (exact) mass is 458 g/mol. The molecule has 1 unspecified atom stereocenters. The van der Waals surface area contributed by atoms with E-state index in [9.17, 15) is 13.2 Å². The van der Waals surface area contributed by atoms with E-state index in [2.05, 4.69) is 26.1 Å². The van der Waals surface area contributed by atoms with E-state index in [0.29, 0.717) is 5.69 Å². The lowest BCUT2D eigenvalue weighted by Crippen LogP contribution is -2.55. The van der Waals surface area contributed by atoms with Crippen LogP contribution in [0, 0.1) is 0 Å². The highest BCUT2D eigenvalue weighted by atomic mass is 32.2. The number of amides is 2. The molecule has 0 bridgehead atoms. The molecule has 2 aliphatic carbocycles. The fourth-order valence-corrected chi connectivity index (χ4v) is 6.29. The van der Waals surface area contributed by atoms with Crippen LogP contribution in [0.2, 0.25) is 0 Å². The standard InChI is InChI=1S/C22H30N6O3S/c1-26-10-9-17(26)14-28(18-12-23-27(2)13-18)32(30,31)25-22(29)24-21-19-7-3-5-15(19)11-16-6-4-8-20(16)21/h11-13,17H,3-10,14H2,1-2H3,(H2,24,25,29). The minimum Gasteiger partial charge on any atom is -0.307 e. The van der Waals surface area contributed by atoms with Crippen molar-refractivity contribution in [2.24, 2.45) is 7.05 Å². The molecule has 5 rings (SSSR count). The van der Waals surface area contributed by atoms with Crippen molar-refractivity contribution >= 4 is 27.6 Å². The van der Waals surface area contributed by atoms with E-state index in [1.165, 1.54) is 32.8 Å². The summed E-state index contributed by atoms with van der Waals surface area (Å²) < 4.78 is 31.6. The van der Waals surface area contributed by atoms with Crippen molar-refractivity contribution in [3.63, 3.8) is 0 Å². The maximum Gasteiger partial charge on any atom is 0.334 e. The minimum absolute atomic E-state index is 0.107. The average Bonchev–Trinajstić information content (AvgIpc) is 3.47. The van der Waals surface area contributed by atoms with Gasteiger partial charge in [-0.15, -0.1) is 0 Å². The quantitative estimate of drug-likeness (QED) is 0.690. The van der Waals surface area contributed by atoms with Crippen LogP contribution in [-0.4, -0.2) is 55.3 Å². The number of fused-ring (bicyclic) bond motifs is 2. The van der Waals surface area contributed by atoms with Crippen molar-refractivity contribution in [2.75, 3.05) is 29.8 Å². The zero-order valence-electron chi connectivity index (χ0n) is 18.6. The van der Waals surface area contributed by atoms with Crippen LogP contribution in [0.4, 0.5) is 16.2 Å². The van der Waals surface area contributed by atoms with Gasteiger partial charge in [0.15, 0.2) is 0 Å². The van der Waals surface area contributed by atoms with Crippen molar-refractivity contribution in [1.29, 1.82) is 0 Å². The molecule has 10 heteroatoms. The normalized spacial score (nSPS) is 19.9. The molecule has 2 N–H and O–H groups in total. The summed E-state index contributed by atoms with van der Waals surface area (Å²) in [4.78, 5) is 15.0. The molecule has 1 aromatic carbocycles. The summed E-state index contributed by atoms with van der Waals surface area (Å²) in [5.74, 6) is 0. The van der Waals surface area contributed by atoms with E-state index >= 15 is 0 Å². The van der Waals surface area contributed by atoms with Gasteiger partial charge in [-0.3, -0.25) is 4.68 Å². The van der Waals surface area contributed by atoms with E-state index in [-0.39, 0.29) is 12.6 Å². The van der Waals surface area contributed by atoms with Crippen molar-refractivity contribution in [2.45, 2.75) is 51.0 Å². The van der Waals surface area contributed by atoms with Crippen LogP contribution in [0.15, 0.2) is 18.5 Å². The summed E-state index contributed by atoms with van der Waals surface area (Å²) >= 11 is 0. The highest BCUT2D eigenvalue weighted by Crippen LogP contribution is 2.38. The Bertz CT molecular complexity index is 1130. The van der Waals surface area contributed by atoms with Gasteiger partial charge in [-0.1, -0.05) is 6.07 Å². The van der Waals surface area contributed by atoms with Crippen LogP contribution in [0.1, 0.15) is 41.5 Å². The van der Waals surface area contributed by atoms with Gasteiger partial charge in [0.05, 0.1) is 18.4 Å². The minimum atomic E-state index is -4.11. The highest BCUT2D eigenvalue weighted by molar-refractivity contribution is 7.91. The molecule has 1 saturated heterocycles. The topological polar surface area (TPSA) is 99.6 Å². The zero-order chi connectivity index (χ0) is 22.5. The number of carbonyl (C=O) groups is 1. The number of carbonyl (C=O) groups excluding carboxylic acids is 1. The van der Waals surface area contributed by atoms with Gasteiger partial charge in [0, 0.05) is 25.0 Å². The van der Waals surface area contributed by atoms with Gasteiger partial charge < -0.3 is 10.2 Å². The molecule has 0 saturated carbocycles. The van der Waals surface area contributed by atoms with E-state index in [1.54, 1.807) is 17.9 Å². The van der Waals surface area contributed by atoms with Crippen LogP contribution in [0.3, 0.4) is 0 Å². The summed E-state index contributed by atoms with van der Waals surface area (Å²) in [5, 5.41) is 7.03. The van der Waals surface area contributed by atoms with Gasteiger partial charge in [-0.05, 0) is 80.8 Å². The third-order valence-corrected chi connectivity index (χ3v) is 8.40. The van der Waals surface area contributed by atoms with Crippen molar-refractivity contribution in [1.82, 2.24) is 19.4 Å². The Morgan fingerprint density at radius 1 is 1.16 bits per heavy atom. The van der Waals surface area contributed by atoms with Gasteiger partial charge in [0.1, 0.15) is 0 Å². The van der Waals surface area contributed by atoms with E-state index in [1.807, 2.05) is 7.05 Å². The summed E-state index contributed by atoms with van der Waals surface area (Å²) in [6.45, 7) is 1.20. The summed E-state index contributed by atoms with van der Waals surface area (Å²) in [5.41, 5.74) is 6.17. The molecule has 1 atom stereocenters. The molecule has 0 radical (unpaired) electrons. The molecule has 32 heavy (non-hydrogen) atoms. The lowest BCUT2D eigenvalue weighted by atomic mass is 9.99. The number of urea groups is 1. The van der Waals surface area contributed by atoms with Crippen LogP contribution in [0.25, 0.3) is 0 Å².